The molecule has 0 fully saturated rings. The highest BCUT2D eigenvalue weighted by atomic mass is 35.5. The van der Waals surface area contributed by atoms with Gasteiger partial charge in [-0.05, 0) is 37.1 Å². The minimum absolute atomic E-state index is 0.211. The van der Waals surface area contributed by atoms with E-state index in [4.69, 9.17) is 16.3 Å². The lowest BCUT2D eigenvalue weighted by Gasteiger charge is -2.30. The number of hydrogen-bond donors (Lipinski definition) is 1. The van der Waals surface area contributed by atoms with Crippen molar-refractivity contribution in [2.45, 2.75) is 32.4 Å². The quantitative estimate of drug-likeness (QED) is 0.699. The monoisotopic (exact) mass is 424 g/mol. The van der Waals surface area contributed by atoms with Crippen molar-refractivity contribution in [3.63, 3.8) is 0 Å². The molecule has 0 heterocycles. The van der Waals surface area contributed by atoms with Gasteiger partial charge in [-0.15, -0.1) is 0 Å². The molecule has 2 unspecified atom stereocenters. The number of hydrogen-bond acceptors (Lipinski definition) is 4. The molecule has 152 valence electrons. The first-order valence-electron chi connectivity index (χ1n) is 8.87. The fourth-order valence-electron chi connectivity index (χ4n) is 3.00. The maximum atomic E-state index is 12.9. The standard InChI is InChI=1S/C20H25ClN2O4S/c1-5-18(15-9-7-6-8-10-15)22-20(24)14(2)23(28(4,25)26)16-11-12-19(27-3)17(21)13-16/h6-14,18H,5H2,1-4H3,(H,22,24). The summed E-state index contributed by atoms with van der Waals surface area (Å²) in [6.45, 7) is 3.51. The van der Waals surface area contributed by atoms with Crippen LogP contribution in [0.15, 0.2) is 48.5 Å². The number of rotatable bonds is 8. The van der Waals surface area contributed by atoms with Crippen LogP contribution in [0.2, 0.25) is 5.02 Å². The van der Waals surface area contributed by atoms with Crippen LogP contribution in [0.5, 0.6) is 5.75 Å². The molecule has 2 aromatic rings. The van der Waals surface area contributed by atoms with Crippen LogP contribution in [-0.4, -0.2) is 33.7 Å². The lowest BCUT2D eigenvalue weighted by atomic mass is 10.0. The zero-order valence-electron chi connectivity index (χ0n) is 16.3. The van der Waals surface area contributed by atoms with Gasteiger partial charge in [-0.2, -0.15) is 0 Å². The van der Waals surface area contributed by atoms with Crippen LogP contribution in [0.3, 0.4) is 0 Å². The van der Waals surface area contributed by atoms with E-state index in [1.54, 1.807) is 19.1 Å². The highest BCUT2D eigenvalue weighted by molar-refractivity contribution is 7.92. The van der Waals surface area contributed by atoms with Crippen LogP contribution in [0.4, 0.5) is 5.69 Å². The third kappa shape index (κ3) is 5.17. The Labute approximate surface area is 171 Å². The molecule has 2 aromatic carbocycles. The molecule has 1 N–H and O–H groups in total. The van der Waals surface area contributed by atoms with Crippen LogP contribution in [0.1, 0.15) is 31.9 Å². The molecule has 0 saturated carbocycles. The topological polar surface area (TPSA) is 75.7 Å². The van der Waals surface area contributed by atoms with Crippen molar-refractivity contribution >= 4 is 33.2 Å². The Morgan fingerprint density at radius 1 is 1.21 bits per heavy atom. The first-order valence-corrected chi connectivity index (χ1v) is 11.1. The van der Waals surface area contributed by atoms with Gasteiger partial charge in [0.15, 0.2) is 0 Å². The summed E-state index contributed by atoms with van der Waals surface area (Å²) in [4.78, 5) is 12.9. The number of sulfonamides is 1. The highest BCUT2D eigenvalue weighted by Gasteiger charge is 2.30. The van der Waals surface area contributed by atoms with Gasteiger partial charge in [-0.25, -0.2) is 8.42 Å². The van der Waals surface area contributed by atoms with Gasteiger partial charge in [0.25, 0.3) is 0 Å². The largest absolute Gasteiger partial charge is 0.495 e. The van der Waals surface area contributed by atoms with Crippen molar-refractivity contribution in [3.05, 3.63) is 59.1 Å². The van der Waals surface area contributed by atoms with Crippen molar-refractivity contribution in [2.75, 3.05) is 17.7 Å². The van der Waals surface area contributed by atoms with Gasteiger partial charge in [-0.3, -0.25) is 9.10 Å². The number of halogens is 1. The molecule has 0 aliphatic carbocycles. The molecule has 0 spiro atoms. The number of ether oxygens (including phenoxy) is 1. The zero-order valence-corrected chi connectivity index (χ0v) is 17.9. The zero-order chi connectivity index (χ0) is 20.9. The SMILES string of the molecule is CCC(NC(=O)C(C)N(c1ccc(OC)c(Cl)c1)S(C)(=O)=O)c1ccccc1. The molecule has 28 heavy (non-hydrogen) atoms. The van der Waals surface area contributed by atoms with Gasteiger partial charge in [0.2, 0.25) is 15.9 Å². The van der Waals surface area contributed by atoms with Gasteiger partial charge >= 0.3 is 0 Å². The summed E-state index contributed by atoms with van der Waals surface area (Å²) < 4.78 is 31.1. The Kier molecular flexibility index (Phi) is 7.32. The van der Waals surface area contributed by atoms with Crippen LogP contribution in [-0.2, 0) is 14.8 Å². The number of methoxy groups -OCH3 is 1. The van der Waals surface area contributed by atoms with Crippen LogP contribution < -0.4 is 14.4 Å². The van der Waals surface area contributed by atoms with E-state index in [9.17, 15) is 13.2 Å². The third-order valence-electron chi connectivity index (χ3n) is 4.41. The molecule has 0 aromatic heterocycles. The number of carbonyl (C=O) groups is 1. The average Bonchev–Trinajstić information content (AvgIpc) is 2.65. The highest BCUT2D eigenvalue weighted by Crippen LogP contribution is 2.31. The molecule has 0 radical (unpaired) electrons. The molecular formula is C20H25ClN2O4S. The van der Waals surface area contributed by atoms with Gasteiger partial charge in [0, 0.05) is 0 Å². The number of amides is 1. The van der Waals surface area contributed by atoms with Gasteiger partial charge in [0.1, 0.15) is 11.8 Å². The van der Waals surface area contributed by atoms with E-state index >= 15 is 0 Å². The summed E-state index contributed by atoms with van der Waals surface area (Å²) in [6.07, 6.45) is 1.74. The molecule has 0 saturated heterocycles. The Morgan fingerprint density at radius 2 is 1.86 bits per heavy atom. The summed E-state index contributed by atoms with van der Waals surface area (Å²) in [6, 6.07) is 13.0. The summed E-state index contributed by atoms with van der Waals surface area (Å²) in [5.74, 6) is 0.0270. The third-order valence-corrected chi connectivity index (χ3v) is 5.94. The molecule has 6 nitrogen and oxygen atoms in total. The normalized spacial score (nSPS) is 13.5. The van der Waals surface area contributed by atoms with E-state index < -0.39 is 22.0 Å². The fourth-order valence-corrected chi connectivity index (χ4v) is 4.42. The number of carbonyl (C=O) groups excluding carboxylic acids is 1. The van der Waals surface area contributed by atoms with Crippen molar-refractivity contribution in [2.24, 2.45) is 0 Å². The summed E-state index contributed by atoms with van der Waals surface area (Å²) in [5, 5.41) is 3.20. The molecular weight excluding hydrogens is 400 g/mol. The number of nitrogens with one attached hydrogen (secondary N) is 1. The van der Waals surface area contributed by atoms with Crippen LogP contribution in [0, 0.1) is 0 Å². The van der Waals surface area contributed by atoms with Gasteiger partial charge in [0.05, 0.1) is 30.1 Å². The Bertz CT molecular complexity index is 919. The molecule has 8 heteroatoms. The smallest absolute Gasteiger partial charge is 0.244 e. The fraction of sp³-hybridized carbons (Fsp3) is 0.350. The summed E-state index contributed by atoms with van der Waals surface area (Å²) in [7, 11) is -2.26. The van der Waals surface area contributed by atoms with E-state index in [0.717, 1.165) is 16.1 Å². The molecule has 1 amide bonds. The number of nitrogens with zero attached hydrogens (tertiary/aromatic N) is 1. The molecule has 2 atom stereocenters. The Morgan fingerprint density at radius 3 is 2.36 bits per heavy atom. The minimum atomic E-state index is -3.73. The molecule has 0 bridgehead atoms. The van der Waals surface area contributed by atoms with Crippen LogP contribution in [0.25, 0.3) is 0 Å². The predicted octanol–water partition coefficient (Wildman–Crippen LogP) is 3.77. The second kappa shape index (κ2) is 9.30. The van der Waals surface area contributed by atoms with Crippen LogP contribution >= 0.6 is 11.6 Å². The molecule has 0 aliphatic heterocycles. The maximum absolute atomic E-state index is 12.9. The average molecular weight is 425 g/mol. The summed E-state index contributed by atoms with van der Waals surface area (Å²) >= 11 is 6.15. The maximum Gasteiger partial charge on any atom is 0.244 e. The predicted molar refractivity (Wildman–Crippen MR) is 112 cm³/mol. The number of benzene rings is 2. The van der Waals surface area contributed by atoms with E-state index in [0.29, 0.717) is 17.9 Å². The minimum Gasteiger partial charge on any atom is -0.495 e. The second-order valence-corrected chi connectivity index (χ2v) is 8.70. The first-order chi connectivity index (χ1) is 13.2. The lowest BCUT2D eigenvalue weighted by molar-refractivity contribution is -0.122. The lowest BCUT2D eigenvalue weighted by Crippen LogP contribution is -2.48. The van der Waals surface area contributed by atoms with E-state index in [2.05, 4.69) is 5.32 Å². The number of anilines is 1. The van der Waals surface area contributed by atoms with Gasteiger partial charge in [-0.1, -0.05) is 48.9 Å². The van der Waals surface area contributed by atoms with E-state index in [1.165, 1.54) is 13.2 Å². The van der Waals surface area contributed by atoms with Crippen molar-refractivity contribution < 1.29 is 17.9 Å². The van der Waals surface area contributed by atoms with Crippen molar-refractivity contribution in [1.29, 1.82) is 0 Å². The second-order valence-electron chi connectivity index (χ2n) is 6.43. The Hall–Kier alpha value is -2.25. The molecule has 0 aliphatic rings. The summed E-state index contributed by atoms with van der Waals surface area (Å²) in [5.41, 5.74) is 1.26. The van der Waals surface area contributed by atoms with E-state index in [1.807, 2.05) is 37.3 Å². The molecule has 2 rings (SSSR count). The Balaban J connectivity index is 2.31. The van der Waals surface area contributed by atoms with Gasteiger partial charge < -0.3 is 10.1 Å². The van der Waals surface area contributed by atoms with E-state index in [-0.39, 0.29) is 11.1 Å². The van der Waals surface area contributed by atoms with Crippen molar-refractivity contribution in [1.82, 2.24) is 5.32 Å². The van der Waals surface area contributed by atoms with Crippen molar-refractivity contribution in [3.8, 4) is 5.75 Å². The first kappa shape index (κ1) is 22.0.